The Kier molecular flexibility index (Phi) is 4.08. The number of hydrogen-bond donors (Lipinski definition) is 2. The van der Waals surface area contributed by atoms with Crippen LogP contribution in [0.5, 0.6) is 0 Å². The molecule has 0 atom stereocenters. The van der Waals surface area contributed by atoms with Gasteiger partial charge in [0.25, 0.3) is 5.91 Å². The molecular formula is C12H14BrN3OS. The van der Waals surface area contributed by atoms with E-state index in [1.54, 1.807) is 28.2 Å². The van der Waals surface area contributed by atoms with Crippen LogP contribution < -0.4 is 11.1 Å². The molecule has 2 aromatic heterocycles. The Balaban J connectivity index is 1.87. The minimum Gasteiger partial charge on any atom is -0.397 e. The lowest BCUT2D eigenvalue weighted by molar-refractivity contribution is 0.0946. The number of hydrogen-bond acceptors (Lipinski definition) is 3. The molecule has 0 bridgehead atoms. The van der Waals surface area contributed by atoms with Gasteiger partial charge in [0.1, 0.15) is 5.69 Å². The summed E-state index contributed by atoms with van der Waals surface area (Å²) < 4.78 is 2.84. The normalized spacial score (nSPS) is 10.6. The van der Waals surface area contributed by atoms with Gasteiger partial charge in [-0.25, -0.2) is 0 Å². The summed E-state index contributed by atoms with van der Waals surface area (Å²) in [7, 11) is 1.81. The monoisotopic (exact) mass is 327 g/mol. The molecule has 6 heteroatoms. The number of nitrogens with two attached hydrogens (primary N) is 1. The Bertz CT molecular complexity index is 561. The van der Waals surface area contributed by atoms with Crippen LogP contribution >= 0.6 is 27.3 Å². The van der Waals surface area contributed by atoms with Crippen molar-refractivity contribution in [1.82, 2.24) is 9.88 Å². The number of aromatic nitrogens is 1. The van der Waals surface area contributed by atoms with Gasteiger partial charge < -0.3 is 15.6 Å². The second-order valence-electron chi connectivity index (χ2n) is 3.98. The third-order valence-corrected chi connectivity index (χ3v) is 4.23. The zero-order valence-corrected chi connectivity index (χ0v) is 12.3. The molecule has 0 saturated carbocycles. The van der Waals surface area contributed by atoms with E-state index in [-0.39, 0.29) is 5.91 Å². The standard InChI is InChI=1S/C12H14BrN3OS/c1-16-7-8(14)6-10(16)12(17)15-5-4-9-2-3-11(13)18-9/h2-3,6-7H,4-5,14H2,1H3,(H,15,17). The first-order chi connectivity index (χ1) is 8.56. The molecule has 0 spiro atoms. The van der Waals surface area contributed by atoms with Crippen molar-refractivity contribution >= 4 is 38.9 Å². The van der Waals surface area contributed by atoms with Crippen LogP contribution in [0.4, 0.5) is 5.69 Å². The lowest BCUT2D eigenvalue weighted by Gasteiger charge is -2.04. The van der Waals surface area contributed by atoms with Crippen LogP contribution in [-0.2, 0) is 13.5 Å². The number of thiophene rings is 1. The van der Waals surface area contributed by atoms with Crippen LogP contribution in [-0.4, -0.2) is 17.0 Å². The quantitative estimate of drug-likeness (QED) is 0.905. The Morgan fingerprint density at radius 1 is 1.56 bits per heavy atom. The fraction of sp³-hybridized carbons (Fsp3) is 0.250. The van der Waals surface area contributed by atoms with Gasteiger partial charge in [0, 0.05) is 24.7 Å². The minimum absolute atomic E-state index is 0.0928. The fourth-order valence-corrected chi connectivity index (χ4v) is 3.17. The number of rotatable bonds is 4. The van der Waals surface area contributed by atoms with Crippen molar-refractivity contribution in [2.24, 2.45) is 7.05 Å². The maximum Gasteiger partial charge on any atom is 0.267 e. The highest BCUT2D eigenvalue weighted by molar-refractivity contribution is 9.11. The van der Waals surface area contributed by atoms with Gasteiger partial charge in [-0.15, -0.1) is 11.3 Å². The molecule has 18 heavy (non-hydrogen) atoms. The molecule has 96 valence electrons. The molecule has 0 aliphatic heterocycles. The number of nitrogens with one attached hydrogen (secondary N) is 1. The number of amides is 1. The Hall–Kier alpha value is -1.27. The molecule has 2 aromatic rings. The number of halogens is 1. The van der Waals surface area contributed by atoms with E-state index in [1.807, 2.05) is 13.1 Å². The largest absolute Gasteiger partial charge is 0.397 e. The van der Waals surface area contributed by atoms with E-state index in [1.165, 1.54) is 4.88 Å². The van der Waals surface area contributed by atoms with Crippen LogP contribution in [0.1, 0.15) is 15.4 Å². The van der Waals surface area contributed by atoms with Crippen molar-refractivity contribution < 1.29 is 4.79 Å². The second kappa shape index (κ2) is 5.58. The molecule has 2 heterocycles. The van der Waals surface area contributed by atoms with Crippen LogP contribution in [0.2, 0.25) is 0 Å². The summed E-state index contributed by atoms with van der Waals surface area (Å²) in [6, 6.07) is 5.75. The lowest BCUT2D eigenvalue weighted by atomic mass is 10.3. The third-order valence-electron chi connectivity index (χ3n) is 2.54. The number of carbonyl (C=O) groups is 1. The molecule has 3 N–H and O–H groups in total. The van der Waals surface area contributed by atoms with E-state index in [9.17, 15) is 4.79 Å². The summed E-state index contributed by atoms with van der Waals surface area (Å²) in [5.74, 6) is -0.0928. The molecule has 0 aromatic carbocycles. The van der Waals surface area contributed by atoms with Crippen LogP contribution in [0, 0.1) is 0 Å². The van der Waals surface area contributed by atoms with E-state index < -0.39 is 0 Å². The van der Waals surface area contributed by atoms with E-state index >= 15 is 0 Å². The van der Waals surface area contributed by atoms with E-state index in [4.69, 9.17) is 5.73 Å². The topological polar surface area (TPSA) is 60.0 Å². The number of anilines is 1. The highest BCUT2D eigenvalue weighted by atomic mass is 79.9. The van der Waals surface area contributed by atoms with E-state index in [2.05, 4.69) is 27.3 Å². The molecule has 0 aliphatic rings. The Morgan fingerprint density at radius 3 is 2.89 bits per heavy atom. The zero-order chi connectivity index (χ0) is 13.1. The van der Waals surface area contributed by atoms with Gasteiger partial charge in [-0.2, -0.15) is 0 Å². The Morgan fingerprint density at radius 2 is 2.33 bits per heavy atom. The summed E-state index contributed by atoms with van der Waals surface area (Å²) in [6.07, 6.45) is 2.56. The van der Waals surface area contributed by atoms with Gasteiger partial charge in [-0.3, -0.25) is 4.79 Å². The van der Waals surface area contributed by atoms with Gasteiger partial charge in [0.2, 0.25) is 0 Å². The average molecular weight is 328 g/mol. The Labute approximate surface area is 118 Å². The average Bonchev–Trinajstić information content (AvgIpc) is 2.85. The van der Waals surface area contributed by atoms with Crippen LogP contribution in [0.3, 0.4) is 0 Å². The van der Waals surface area contributed by atoms with Gasteiger partial charge in [-0.1, -0.05) is 0 Å². The first-order valence-electron chi connectivity index (χ1n) is 5.50. The number of aryl methyl sites for hydroxylation is 1. The number of nitrogens with zero attached hydrogens (tertiary/aromatic N) is 1. The highest BCUT2D eigenvalue weighted by Gasteiger charge is 2.10. The van der Waals surface area contributed by atoms with Gasteiger partial charge in [0.15, 0.2) is 0 Å². The van der Waals surface area contributed by atoms with Crippen molar-refractivity contribution in [3.05, 3.63) is 38.8 Å². The van der Waals surface area contributed by atoms with Gasteiger partial charge in [-0.05, 0) is 40.5 Å². The van der Waals surface area contributed by atoms with Crippen LogP contribution in [0.25, 0.3) is 0 Å². The van der Waals surface area contributed by atoms with Crippen molar-refractivity contribution in [3.63, 3.8) is 0 Å². The van der Waals surface area contributed by atoms with Crippen LogP contribution in [0.15, 0.2) is 28.2 Å². The lowest BCUT2D eigenvalue weighted by Crippen LogP contribution is -2.27. The molecule has 4 nitrogen and oxygen atoms in total. The van der Waals surface area contributed by atoms with Crippen molar-refractivity contribution in [2.75, 3.05) is 12.3 Å². The highest BCUT2D eigenvalue weighted by Crippen LogP contribution is 2.22. The van der Waals surface area contributed by atoms with Crippen molar-refractivity contribution in [3.8, 4) is 0 Å². The predicted octanol–water partition coefficient (Wildman–Crippen LogP) is 2.40. The number of nitrogen functional groups attached to an aromatic ring is 1. The zero-order valence-electron chi connectivity index (χ0n) is 9.94. The van der Waals surface area contributed by atoms with E-state index in [0.29, 0.717) is 17.9 Å². The molecule has 2 rings (SSSR count). The molecular weight excluding hydrogens is 314 g/mol. The SMILES string of the molecule is Cn1cc(N)cc1C(=O)NCCc1ccc(Br)s1. The van der Waals surface area contributed by atoms with Crippen molar-refractivity contribution in [1.29, 1.82) is 0 Å². The smallest absolute Gasteiger partial charge is 0.267 e. The van der Waals surface area contributed by atoms with Gasteiger partial charge in [0.05, 0.1) is 9.47 Å². The predicted molar refractivity (Wildman–Crippen MR) is 77.9 cm³/mol. The molecule has 0 saturated heterocycles. The molecule has 0 aliphatic carbocycles. The first-order valence-corrected chi connectivity index (χ1v) is 7.11. The number of carbonyl (C=O) groups excluding carboxylic acids is 1. The fourth-order valence-electron chi connectivity index (χ4n) is 1.69. The minimum atomic E-state index is -0.0928. The summed E-state index contributed by atoms with van der Waals surface area (Å²) in [4.78, 5) is 13.1. The summed E-state index contributed by atoms with van der Waals surface area (Å²) in [6.45, 7) is 0.622. The molecule has 1 amide bonds. The molecule has 0 unspecified atom stereocenters. The van der Waals surface area contributed by atoms with E-state index in [0.717, 1.165) is 10.2 Å². The summed E-state index contributed by atoms with van der Waals surface area (Å²) >= 11 is 5.10. The molecule has 0 radical (unpaired) electrons. The van der Waals surface area contributed by atoms with Gasteiger partial charge >= 0.3 is 0 Å². The summed E-state index contributed by atoms with van der Waals surface area (Å²) in [5.41, 5.74) is 6.82. The maximum absolute atomic E-state index is 11.9. The first kappa shape index (κ1) is 13.2. The second-order valence-corrected chi connectivity index (χ2v) is 6.53. The molecule has 0 fully saturated rings. The third kappa shape index (κ3) is 3.14. The maximum atomic E-state index is 11.9. The van der Waals surface area contributed by atoms with Crippen molar-refractivity contribution in [2.45, 2.75) is 6.42 Å². The summed E-state index contributed by atoms with van der Waals surface area (Å²) in [5, 5.41) is 2.89.